The number of nitrogens with one attached hydrogen (secondary N) is 1. The van der Waals surface area contributed by atoms with Crippen LogP contribution in [0.25, 0.3) is 0 Å². The van der Waals surface area contributed by atoms with Crippen LogP contribution in [0.1, 0.15) is 24.4 Å². The third kappa shape index (κ3) is 4.68. The molecule has 3 atom stereocenters. The Morgan fingerprint density at radius 1 is 1.25 bits per heavy atom. The number of aliphatic hydroxyl groups is 1. The molecule has 5 heteroatoms. The van der Waals surface area contributed by atoms with Crippen LogP contribution in [0.2, 0.25) is 0 Å². The number of benzene rings is 1. The molecule has 130 valence electrons. The van der Waals surface area contributed by atoms with Gasteiger partial charge >= 0.3 is 0 Å². The number of hydrogen-bond acceptors (Lipinski definition) is 5. The van der Waals surface area contributed by atoms with Crippen molar-refractivity contribution < 1.29 is 14.3 Å². The summed E-state index contributed by atoms with van der Waals surface area (Å²) in [6.07, 6.45) is 1.06. The fourth-order valence-corrected chi connectivity index (χ4v) is 3.03. The molecule has 24 heavy (non-hydrogen) atoms. The molecule has 1 fully saturated rings. The van der Waals surface area contributed by atoms with E-state index in [1.54, 1.807) is 18.4 Å². The number of furan rings is 1. The van der Waals surface area contributed by atoms with Crippen LogP contribution in [0.4, 0.5) is 0 Å². The quantitative estimate of drug-likeness (QED) is 0.815. The fourth-order valence-electron chi connectivity index (χ4n) is 3.03. The van der Waals surface area contributed by atoms with Gasteiger partial charge in [-0.3, -0.25) is 4.90 Å². The zero-order valence-electron chi connectivity index (χ0n) is 14.1. The highest BCUT2D eigenvalue weighted by molar-refractivity contribution is 5.14. The monoisotopic (exact) mass is 330 g/mol. The fraction of sp³-hybridized carbons (Fsp3) is 0.474. The van der Waals surface area contributed by atoms with E-state index in [2.05, 4.69) is 41.4 Å². The molecule has 1 aromatic carbocycles. The van der Waals surface area contributed by atoms with Crippen LogP contribution >= 0.6 is 0 Å². The number of nitrogens with zero attached hydrogens (tertiary/aromatic N) is 1. The first-order valence-electron chi connectivity index (χ1n) is 8.55. The Kier molecular flexibility index (Phi) is 6.04. The van der Waals surface area contributed by atoms with Crippen molar-refractivity contribution in [2.45, 2.75) is 31.7 Å². The van der Waals surface area contributed by atoms with Gasteiger partial charge in [-0.1, -0.05) is 30.3 Å². The molecule has 0 saturated carbocycles. The molecule has 1 aliphatic rings. The smallest absolute Gasteiger partial charge is 0.133 e. The largest absolute Gasteiger partial charge is 0.467 e. The van der Waals surface area contributed by atoms with Crippen LogP contribution in [0, 0.1) is 0 Å². The average molecular weight is 330 g/mol. The molecule has 3 rings (SSSR count). The van der Waals surface area contributed by atoms with E-state index in [0.29, 0.717) is 12.3 Å². The molecule has 0 spiro atoms. The molecule has 0 radical (unpaired) electrons. The van der Waals surface area contributed by atoms with Crippen molar-refractivity contribution in [3.05, 3.63) is 60.1 Å². The molecule has 0 amide bonds. The van der Waals surface area contributed by atoms with Gasteiger partial charge in [-0.2, -0.15) is 0 Å². The van der Waals surface area contributed by atoms with E-state index in [0.717, 1.165) is 26.2 Å². The van der Waals surface area contributed by atoms with Crippen LogP contribution in [0.5, 0.6) is 0 Å². The summed E-state index contributed by atoms with van der Waals surface area (Å²) in [6.45, 7) is 6.08. The Hall–Kier alpha value is -1.66. The summed E-state index contributed by atoms with van der Waals surface area (Å²) in [4.78, 5) is 2.42. The zero-order chi connectivity index (χ0) is 16.8. The van der Waals surface area contributed by atoms with E-state index in [1.165, 1.54) is 5.56 Å². The molecule has 2 aromatic rings. The predicted octanol–water partition coefficient (Wildman–Crippen LogP) is 2.19. The lowest BCUT2D eigenvalue weighted by atomic mass is 10.1. The second-order valence-electron chi connectivity index (χ2n) is 6.36. The molecule has 5 nitrogen and oxygen atoms in total. The lowest BCUT2D eigenvalue weighted by Crippen LogP contribution is -2.51. The molecule has 1 saturated heterocycles. The second kappa shape index (κ2) is 8.44. The second-order valence-corrected chi connectivity index (χ2v) is 6.36. The molecule has 2 heterocycles. The summed E-state index contributed by atoms with van der Waals surface area (Å²) in [5, 5.41) is 13.5. The Morgan fingerprint density at radius 3 is 2.83 bits per heavy atom. The van der Waals surface area contributed by atoms with Crippen LogP contribution in [0.15, 0.2) is 53.1 Å². The number of ether oxygens (including phenoxy) is 1. The molecular weight excluding hydrogens is 304 g/mol. The van der Waals surface area contributed by atoms with E-state index in [1.807, 2.05) is 6.07 Å². The minimum Gasteiger partial charge on any atom is -0.467 e. The third-order valence-corrected chi connectivity index (χ3v) is 4.49. The van der Waals surface area contributed by atoms with E-state index in [9.17, 15) is 5.11 Å². The summed E-state index contributed by atoms with van der Waals surface area (Å²) in [5.41, 5.74) is 1.33. The Bertz CT molecular complexity index is 588. The minimum atomic E-state index is -0.633. The van der Waals surface area contributed by atoms with Gasteiger partial charge in [0.15, 0.2) is 0 Å². The van der Waals surface area contributed by atoms with Gasteiger partial charge in [-0.05, 0) is 24.6 Å². The van der Waals surface area contributed by atoms with Gasteiger partial charge in [0.25, 0.3) is 0 Å². The van der Waals surface area contributed by atoms with E-state index in [-0.39, 0.29) is 12.1 Å². The maximum absolute atomic E-state index is 10.1. The number of aliphatic hydroxyl groups excluding tert-OH is 1. The van der Waals surface area contributed by atoms with Crippen molar-refractivity contribution in [2.75, 3.05) is 26.2 Å². The number of hydrogen-bond donors (Lipinski definition) is 2. The molecule has 1 aliphatic heterocycles. The van der Waals surface area contributed by atoms with Crippen molar-refractivity contribution in [2.24, 2.45) is 0 Å². The lowest BCUT2D eigenvalue weighted by molar-refractivity contribution is -0.0475. The van der Waals surface area contributed by atoms with Gasteiger partial charge in [0, 0.05) is 32.2 Å². The average Bonchev–Trinajstić information content (AvgIpc) is 3.15. The van der Waals surface area contributed by atoms with Gasteiger partial charge < -0.3 is 19.6 Å². The van der Waals surface area contributed by atoms with Crippen LogP contribution in [-0.2, 0) is 11.3 Å². The standard InChI is InChI=1S/C19H26N2O3/c1-15(20-12-17(22)18-8-5-10-23-18)19-14-21(9-11-24-19)13-16-6-3-2-4-7-16/h2-8,10,15,17,19-20,22H,9,11-14H2,1H3. The topological polar surface area (TPSA) is 57.9 Å². The van der Waals surface area contributed by atoms with Gasteiger partial charge in [0.1, 0.15) is 11.9 Å². The first kappa shape index (κ1) is 17.2. The molecule has 3 unspecified atom stereocenters. The van der Waals surface area contributed by atoms with Gasteiger partial charge in [0.05, 0.1) is 19.0 Å². The maximum Gasteiger partial charge on any atom is 0.133 e. The molecular formula is C19H26N2O3. The molecule has 0 bridgehead atoms. The van der Waals surface area contributed by atoms with Gasteiger partial charge in [-0.25, -0.2) is 0 Å². The van der Waals surface area contributed by atoms with E-state index < -0.39 is 6.10 Å². The van der Waals surface area contributed by atoms with Crippen molar-refractivity contribution in [1.82, 2.24) is 10.2 Å². The Morgan fingerprint density at radius 2 is 2.08 bits per heavy atom. The normalized spacial score (nSPS) is 21.5. The summed E-state index contributed by atoms with van der Waals surface area (Å²) in [6, 6.07) is 14.2. The zero-order valence-corrected chi connectivity index (χ0v) is 14.1. The predicted molar refractivity (Wildman–Crippen MR) is 92.6 cm³/mol. The SMILES string of the molecule is CC(NCC(O)c1ccco1)C1CN(Cc2ccccc2)CCO1. The first-order valence-corrected chi connectivity index (χ1v) is 8.55. The van der Waals surface area contributed by atoms with Crippen LogP contribution < -0.4 is 5.32 Å². The molecule has 1 aromatic heterocycles. The van der Waals surface area contributed by atoms with Crippen molar-refractivity contribution in [3.63, 3.8) is 0 Å². The van der Waals surface area contributed by atoms with Crippen LogP contribution in [-0.4, -0.2) is 48.4 Å². The van der Waals surface area contributed by atoms with Crippen LogP contribution in [0.3, 0.4) is 0 Å². The molecule has 2 N–H and O–H groups in total. The van der Waals surface area contributed by atoms with Crippen molar-refractivity contribution in [3.8, 4) is 0 Å². The summed E-state index contributed by atoms with van der Waals surface area (Å²) >= 11 is 0. The van der Waals surface area contributed by atoms with Crippen molar-refractivity contribution in [1.29, 1.82) is 0 Å². The van der Waals surface area contributed by atoms with E-state index in [4.69, 9.17) is 9.15 Å². The third-order valence-electron chi connectivity index (χ3n) is 4.49. The number of morpholine rings is 1. The Balaban J connectivity index is 1.47. The summed E-state index contributed by atoms with van der Waals surface area (Å²) < 4.78 is 11.1. The minimum absolute atomic E-state index is 0.117. The Labute approximate surface area is 143 Å². The highest BCUT2D eigenvalue weighted by Gasteiger charge is 2.26. The summed E-state index contributed by atoms with van der Waals surface area (Å²) in [5.74, 6) is 0.588. The summed E-state index contributed by atoms with van der Waals surface area (Å²) in [7, 11) is 0. The lowest BCUT2D eigenvalue weighted by Gasteiger charge is -2.36. The highest BCUT2D eigenvalue weighted by Crippen LogP contribution is 2.15. The molecule has 0 aliphatic carbocycles. The highest BCUT2D eigenvalue weighted by atomic mass is 16.5. The van der Waals surface area contributed by atoms with Gasteiger partial charge in [-0.15, -0.1) is 0 Å². The first-order chi connectivity index (χ1) is 11.7. The maximum atomic E-state index is 10.1. The van der Waals surface area contributed by atoms with E-state index >= 15 is 0 Å². The number of rotatable bonds is 7. The van der Waals surface area contributed by atoms with Crippen molar-refractivity contribution >= 4 is 0 Å². The van der Waals surface area contributed by atoms with Gasteiger partial charge in [0.2, 0.25) is 0 Å².